The molecule has 1 atom stereocenters. The van der Waals surface area contributed by atoms with Gasteiger partial charge in [-0.25, -0.2) is 10.0 Å². The van der Waals surface area contributed by atoms with Gasteiger partial charge in [0.05, 0.1) is 0 Å². The van der Waals surface area contributed by atoms with Crippen LogP contribution in [-0.2, 0) is 0 Å². The van der Waals surface area contributed by atoms with E-state index in [0.717, 1.165) is 5.25 Å². The first-order valence-corrected chi connectivity index (χ1v) is 7.57. The van der Waals surface area contributed by atoms with Crippen LogP contribution in [0.25, 0.3) is 0 Å². The van der Waals surface area contributed by atoms with Gasteiger partial charge < -0.3 is 0 Å². The molecule has 1 unspecified atom stereocenters. The molecule has 1 heteroatoms. The average molecular weight is 202 g/mol. The first-order valence-electron chi connectivity index (χ1n) is 5.05. The van der Waals surface area contributed by atoms with Crippen molar-refractivity contribution in [2.24, 2.45) is 5.41 Å². The third-order valence-corrected chi connectivity index (χ3v) is 7.28. The van der Waals surface area contributed by atoms with E-state index in [1.807, 2.05) is 0 Å². The second-order valence-corrected chi connectivity index (χ2v) is 9.41. The minimum atomic E-state index is -0.641. The Balaban J connectivity index is 4.74. The molecule has 0 aromatic carbocycles. The minimum absolute atomic E-state index is 0.266. The van der Waals surface area contributed by atoms with Crippen LogP contribution in [0.15, 0.2) is 11.5 Å². The minimum Gasteiger partial charge on any atom is -0.221 e. The van der Waals surface area contributed by atoms with Crippen molar-refractivity contribution in [3.63, 3.8) is 0 Å². The molecule has 0 spiro atoms. The van der Waals surface area contributed by atoms with E-state index in [1.54, 1.807) is 0 Å². The molecule has 0 bridgehead atoms. The maximum Gasteiger partial charge on any atom is -0.00928 e. The molecule has 0 amide bonds. The van der Waals surface area contributed by atoms with Gasteiger partial charge in [0.1, 0.15) is 0 Å². The maximum absolute atomic E-state index is 4.30. The summed E-state index contributed by atoms with van der Waals surface area (Å²) in [6.45, 7) is 15.7. The van der Waals surface area contributed by atoms with E-state index >= 15 is 0 Å². The molecule has 0 heterocycles. The number of rotatable bonds is 3. The molecule has 0 nitrogen and oxygen atoms in total. The van der Waals surface area contributed by atoms with Gasteiger partial charge in [0, 0.05) is 0 Å². The summed E-state index contributed by atoms with van der Waals surface area (Å²) in [7, 11) is -0.641. The molecule has 0 N–H and O–H groups in total. The van der Waals surface area contributed by atoms with Crippen LogP contribution in [0, 0.1) is 5.41 Å². The van der Waals surface area contributed by atoms with Crippen molar-refractivity contribution < 1.29 is 0 Å². The van der Waals surface area contributed by atoms with Crippen molar-refractivity contribution in [3.05, 3.63) is 11.5 Å². The van der Waals surface area contributed by atoms with E-state index < -0.39 is 10.0 Å². The number of allylic oxidation sites excluding steroid dienone is 1. The fourth-order valence-corrected chi connectivity index (χ4v) is 4.35. The third kappa shape index (κ3) is 3.05. The Hall–Kier alpha value is 0.0900. The fourth-order valence-electron chi connectivity index (χ4n) is 1.45. The fraction of sp³-hybridized carbons (Fsp3) is 0.833. The molecular weight excluding hydrogens is 176 g/mol. The van der Waals surface area contributed by atoms with Gasteiger partial charge in [-0.05, 0) is 34.5 Å². The second kappa shape index (κ2) is 4.08. The van der Waals surface area contributed by atoms with Gasteiger partial charge in [0.2, 0.25) is 0 Å². The van der Waals surface area contributed by atoms with Crippen molar-refractivity contribution in [2.45, 2.75) is 46.3 Å². The predicted molar refractivity (Wildman–Crippen MR) is 67.8 cm³/mol. The highest BCUT2D eigenvalue weighted by molar-refractivity contribution is 8.36. The van der Waals surface area contributed by atoms with E-state index in [-0.39, 0.29) is 5.41 Å². The molecule has 0 aliphatic rings. The van der Waals surface area contributed by atoms with Crippen LogP contribution in [0.1, 0.15) is 41.0 Å². The van der Waals surface area contributed by atoms with Crippen molar-refractivity contribution in [3.8, 4) is 0 Å². The number of hydrogen-bond donors (Lipinski definition) is 0. The van der Waals surface area contributed by atoms with Gasteiger partial charge in [-0.3, -0.25) is 0 Å². The monoisotopic (exact) mass is 202 g/mol. The molecule has 80 valence electrons. The maximum atomic E-state index is 4.30. The van der Waals surface area contributed by atoms with E-state index in [4.69, 9.17) is 0 Å². The lowest BCUT2D eigenvalue weighted by atomic mass is 9.97. The summed E-state index contributed by atoms with van der Waals surface area (Å²) in [4.78, 5) is 1.45. The SMILES string of the molecule is C=C(C(C)(C)C)S(C)(C)C(C)CC. The molecule has 0 aromatic heterocycles. The molecule has 0 aliphatic carbocycles. The lowest BCUT2D eigenvalue weighted by Crippen LogP contribution is -2.21. The van der Waals surface area contributed by atoms with Crippen LogP contribution < -0.4 is 0 Å². The Morgan fingerprint density at radius 2 is 1.69 bits per heavy atom. The molecule has 0 radical (unpaired) electrons. The highest BCUT2D eigenvalue weighted by atomic mass is 32.3. The lowest BCUT2D eigenvalue weighted by molar-refractivity contribution is 0.532. The predicted octanol–water partition coefficient (Wildman–Crippen LogP) is 4.41. The summed E-state index contributed by atoms with van der Waals surface area (Å²) in [5.41, 5.74) is 0.266. The largest absolute Gasteiger partial charge is 0.221 e. The van der Waals surface area contributed by atoms with E-state index in [9.17, 15) is 0 Å². The molecular formula is C12H26S. The van der Waals surface area contributed by atoms with E-state index in [2.05, 4.69) is 53.7 Å². The van der Waals surface area contributed by atoms with Crippen LogP contribution in [0.4, 0.5) is 0 Å². The molecule has 13 heavy (non-hydrogen) atoms. The first kappa shape index (κ1) is 13.1. The van der Waals surface area contributed by atoms with Crippen molar-refractivity contribution >= 4 is 10.0 Å². The van der Waals surface area contributed by atoms with Crippen molar-refractivity contribution in [1.82, 2.24) is 0 Å². The Morgan fingerprint density at radius 1 is 1.31 bits per heavy atom. The quantitative estimate of drug-likeness (QED) is 0.636. The summed E-state index contributed by atoms with van der Waals surface area (Å²) < 4.78 is 0. The summed E-state index contributed by atoms with van der Waals surface area (Å²) in [5, 5.41) is 0.791. The Kier molecular flexibility index (Phi) is 4.11. The van der Waals surface area contributed by atoms with Crippen LogP contribution in [0.2, 0.25) is 0 Å². The zero-order valence-corrected chi connectivity index (χ0v) is 11.2. The van der Waals surface area contributed by atoms with Crippen LogP contribution in [0.5, 0.6) is 0 Å². The zero-order chi connectivity index (χ0) is 10.9. The normalized spacial score (nSPS) is 16.8. The van der Waals surface area contributed by atoms with Crippen LogP contribution in [0.3, 0.4) is 0 Å². The molecule has 0 aromatic rings. The van der Waals surface area contributed by atoms with E-state index in [1.165, 1.54) is 11.3 Å². The van der Waals surface area contributed by atoms with Crippen LogP contribution >= 0.6 is 10.0 Å². The third-order valence-electron chi connectivity index (χ3n) is 3.05. The first-order chi connectivity index (χ1) is 5.64. The summed E-state index contributed by atoms with van der Waals surface area (Å²) in [5.74, 6) is 0. The van der Waals surface area contributed by atoms with Crippen molar-refractivity contribution in [1.29, 1.82) is 0 Å². The Bertz CT molecular complexity index is 184. The summed E-state index contributed by atoms with van der Waals surface area (Å²) in [6, 6.07) is 0. The van der Waals surface area contributed by atoms with E-state index in [0.29, 0.717) is 0 Å². The average Bonchev–Trinajstić information content (AvgIpc) is 1.99. The van der Waals surface area contributed by atoms with Gasteiger partial charge in [0.15, 0.2) is 0 Å². The highest BCUT2D eigenvalue weighted by Gasteiger charge is 2.29. The number of hydrogen-bond acceptors (Lipinski definition) is 0. The molecule has 0 fully saturated rings. The van der Waals surface area contributed by atoms with Gasteiger partial charge in [0.25, 0.3) is 0 Å². The Morgan fingerprint density at radius 3 is 1.92 bits per heavy atom. The zero-order valence-electron chi connectivity index (χ0n) is 10.4. The smallest absolute Gasteiger partial charge is 0.00928 e. The summed E-state index contributed by atoms with van der Waals surface area (Å²) >= 11 is 0. The second-order valence-electron chi connectivity index (χ2n) is 5.30. The van der Waals surface area contributed by atoms with Gasteiger partial charge in [-0.1, -0.05) is 41.2 Å². The van der Waals surface area contributed by atoms with Gasteiger partial charge in [-0.15, -0.1) is 0 Å². The summed E-state index contributed by atoms with van der Waals surface area (Å²) in [6.07, 6.45) is 6.06. The van der Waals surface area contributed by atoms with Gasteiger partial charge in [-0.2, -0.15) is 0 Å². The molecule has 0 aliphatic heterocycles. The molecule has 0 saturated carbocycles. The highest BCUT2D eigenvalue weighted by Crippen LogP contribution is 2.58. The molecule has 0 rings (SSSR count). The lowest BCUT2D eigenvalue weighted by Gasteiger charge is -2.45. The Labute approximate surface area is 86.1 Å². The molecule has 0 saturated heterocycles. The topological polar surface area (TPSA) is 0 Å². The standard InChI is InChI=1S/C12H26S/c1-9-10(2)13(7,8)11(3)12(4,5)6/h10H,3,9H2,1-2,4-8H3. The van der Waals surface area contributed by atoms with Gasteiger partial charge >= 0.3 is 0 Å². The van der Waals surface area contributed by atoms with Crippen molar-refractivity contribution in [2.75, 3.05) is 12.5 Å². The van der Waals surface area contributed by atoms with Crippen LogP contribution in [-0.4, -0.2) is 17.8 Å².